The summed E-state index contributed by atoms with van der Waals surface area (Å²) in [5.74, 6) is 0.336. The zero-order chi connectivity index (χ0) is 17.6. The Kier molecular flexibility index (Phi) is 3.53. The summed E-state index contributed by atoms with van der Waals surface area (Å²) in [5.41, 5.74) is 6.47. The summed E-state index contributed by atoms with van der Waals surface area (Å²) < 4.78 is 0. The predicted octanol–water partition coefficient (Wildman–Crippen LogP) is 4.01. The van der Waals surface area contributed by atoms with Crippen LogP contribution in [0.25, 0.3) is 6.08 Å². The van der Waals surface area contributed by atoms with Gasteiger partial charge in [0.25, 0.3) is 0 Å². The molecule has 2 heterocycles. The molecular formula is C20H18N4OS. The number of thiazole rings is 1. The molecule has 1 fully saturated rings. The molecule has 5 rings (SSSR count). The normalized spacial score (nSPS) is 22.4. The number of aromatic nitrogens is 3. The maximum Gasteiger partial charge on any atom is 0.117 e. The number of allylic oxidation sites excluding steroid dienone is 1. The van der Waals surface area contributed by atoms with E-state index in [1.165, 1.54) is 10.4 Å². The topological polar surface area (TPSA) is 74.2 Å². The molecule has 0 spiro atoms. The highest BCUT2D eigenvalue weighted by molar-refractivity contribution is 7.09. The number of nitrogens with zero attached hydrogens (tertiary/aromatic N) is 3. The van der Waals surface area contributed by atoms with Gasteiger partial charge in [-0.1, -0.05) is 47.6 Å². The third kappa shape index (κ3) is 2.33. The van der Waals surface area contributed by atoms with Crippen LogP contribution in [0.15, 0.2) is 53.3 Å². The van der Waals surface area contributed by atoms with Gasteiger partial charge in [-0.15, -0.1) is 11.3 Å². The second-order valence-corrected chi connectivity index (χ2v) is 7.82. The standard InChI is InChI=1S/C20H18N4OS/c25-24-18(13-6-7-13)19-15-8-9-20(10-16(15)22-23-19,17-11-21-12-26-17)14-4-2-1-3-5-14/h1-5,8-9,11-13,25H,6-7,10H2,(H,22,23)/b24-18+. The lowest BCUT2D eigenvalue weighted by Crippen LogP contribution is -2.29. The van der Waals surface area contributed by atoms with E-state index in [9.17, 15) is 5.21 Å². The molecule has 6 heteroatoms. The number of benzene rings is 1. The quantitative estimate of drug-likeness (QED) is 0.418. The molecule has 0 amide bonds. The van der Waals surface area contributed by atoms with Crippen LogP contribution in [-0.4, -0.2) is 26.1 Å². The van der Waals surface area contributed by atoms with Crippen molar-refractivity contribution in [1.29, 1.82) is 0 Å². The van der Waals surface area contributed by atoms with Crippen molar-refractivity contribution in [3.05, 3.63) is 75.5 Å². The van der Waals surface area contributed by atoms with Crippen LogP contribution in [0.3, 0.4) is 0 Å². The Morgan fingerprint density at radius 3 is 2.81 bits per heavy atom. The highest BCUT2D eigenvalue weighted by atomic mass is 32.1. The first-order valence-corrected chi connectivity index (χ1v) is 9.63. The van der Waals surface area contributed by atoms with Gasteiger partial charge in [-0.05, 0) is 18.4 Å². The minimum atomic E-state index is -0.255. The van der Waals surface area contributed by atoms with Crippen LogP contribution < -0.4 is 0 Å². The third-order valence-electron chi connectivity index (χ3n) is 5.35. The van der Waals surface area contributed by atoms with E-state index in [-0.39, 0.29) is 5.41 Å². The van der Waals surface area contributed by atoms with Gasteiger partial charge in [0.05, 0.1) is 10.9 Å². The highest BCUT2D eigenvalue weighted by Crippen LogP contribution is 2.44. The Hall–Kier alpha value is -2.73. The number of H-pyrrole nitrogens is 1. The molecule has 2 aromatic heterocycles. The van der Waals surface area contributed by atoms with Crippen molar-refractivity contribution in [2.24, 2.45) is 11.1 Å². The molecule has 5 nitrogen and oxygen atoms in total. The smallest absolute Gasteiger partial charge is 0.117 e. The number of hydrogen-bond acceptors (Lipinski definition) is 5. The largest absolute Gasteiger partial charge is 0.411 e. The van der Waals surface area contributed by atoms with Gasteiger partial charge in [0.1, 0.15) is 11.4 Å². The van der Waals surface area contributed by atoms with Gasteiger partial charge in [0, 0.05) is 34.7 Å². The molecule has 1 unspecified atom stereocenters. The fraction of sp³-hybridized carbons (Fsp3) is 0.250. The van der Waals surface area contributed by atoms with Crippen molar-refractivity contribution in [3.8, 4) is 0 Å². The molecule has 1 atom stereocenters. The van der Waals surface area contributed by atoms with E-state index in [0.29, 0.717) is 11.6 Å². The fourth-order valence-corrected chi connectivity index (χ4v) is 4.65. The molecule has 2 N–H and O–H groups in total. The van der Waals surface area contributed by atoms with E-state index in [1.54, 1.807) is 11.3 Å². The van der Waals surface area contributed by atoms with E-state index in [4.69, 9.17) is 0 Å². The Balaban J connectivity index is 1.63. The average Bonchev–Trinajstić information content (AvgIpc) is 3.20. The predicted molar refractivity (Wildman–Crippen MR) is 102 cm³/mol. The Morgan fingerprint density at radius 2 is 2.12 bits per heavy atom. The van der Waals surface area contributed by atoms with Crippen molar-refractivity contribution in [2.45, 2.75) is 24.7 Å². The summed E-state index contributed by atoms with van der Waals surface area (Å²) in [7, 11) is 0. The number of oxime groups is 1. The van der Waals surface area contributed by atoms with Crippen molar-refractivity contribution in [2.75, 3.05) is 0 Å². The molecular weight excluding hydrogens is 344 g/mol. The summed E-state index contributed by atoms with van der Waals surface area (Å²) in [6, 6.07) is 10.5. The van der Waals surface area contributed by atoms with Gasteiger partial charge in [-0.25, -0.2) is 0 Å². The highest BCUT2D eigenvalue weighted by Gasteiger charge is 2.39. The van der Waals surface area contributed by atoms with Gasteiger partial charge in [-0.2, -0.15) is 5.10 Å². The summed E-state index contributed by atoms with van der Waals surface area (Å²) in [6.45, 7) is 0. The van der Waals surface area contributed by atoms with Gasteiger partial charge < -0.3 is 5.21 Å². The minimum absolute atomic E-state index is 0.255. The average molecular weight is 362 g/mol. The van der Waals surface area contributed by atoms with Crippen LogP contribution in [-0.2, 0) is 11.8 Å². The van der Waals surface area contributed by atoms with Crippen LogP contribution in [0.2, 0.25) is 0 Å². The number of hydrogen-bond donors (Lipinski definition) is 2. The van der Waals surface area contributed by atoms with E-state index in [2.05, 4.69) is 56.8 Å². The summed E-state index contributed by atoms with van der Waals surface area (Å²) >= 11 is 1.67. The molecule has 0 radical (unpaired) electrons. The van der Waals surface area contributed by atoms with Crippen LogP contribution >= 0.6 is 11.3 Å². The molecule has 130 valence electrons. The van der Waals surface area contributed by atoms with Crippen LogP contribution in [0.4, 0.5) is 0 Å². The van der Waals surface area contributed by atoms with Crippen molar-refractivity contribution in [1.82, 2.24) is 15.2 Å². The van der Waals surface area contributed by atoms with E-state index in [1.807, 2.05) is 17.8 Å². The maximum absolute atomic E-state index is 9.44. The van der Waals surface area contributed by atoms with Crippen LogP contribution in [0.1, 0.15) is 40.2 Å². The summed E-state index contributed by atoms with van der Waals surface area (Å²) in [5, 5.41) is 20.7. The third-order valence-corrected chi connectivity index (χ3v) is 6.30. The van der Waals surface area contributed by atoms with E-state index < -0.39 is 0 Å². The second-order valence-electron chi connectivity index (χ2n) is 6.94. The number of rotatable bonds is 4. The fourth-order valence-electron chi connectivity index (χ4n) is 3.82. The molecule has 0 aliphatic heterocycles. The number of nitrogens with one attached hydrogen (secondary N) is 1. The monoisotopic (exact) mass is 362 g/mol. The van der Waals surface area contributed by atoms with Gasteiger partial charge in [0.15, 0.2) is 0 Å². The lowest BCUT2D eigenvalue weighted by Gasteiger charge is -2.32. The van der Waals surface area contributed by atoms with Crippen LogP contribution in [0.5, 0.6) is 0 Å². The molecule has 2 aliphatic carbocycles. The Morgan fingerprint density at radius 1 is 1.27 bits per heavy atom. The lowest BCUT2D eigenvalue weighted by molar-refractivity contribution is 0.317. The van der Waals surface area contributed by atoms with Gasteiger partial charge in [-0.3, -0.25) is 10.1 Å². The van der Waals surface area contributed by atoms with E-state index in [0.717, 1.165) is 36.2 Å². The van der Waals surface area contributed by atoms with E-state index >= 15 is 0 Å². The molecule has 2 aliphatic rings. The first kappa shape index (κ1) is 15.5. The number of fused-ring (bicyclic) bond motifs is 1. The summed E-state index contributed by atoms with van der Waals surface area (Å²) in [6.07, 6.45) is 9.24. The Labute approximate surface area is 155 Å². The summed E-state index contributed by atoms with van der Waals surface area (Å²) in [4.78, 5) is 5.52. The maximum atomic E-state index is 9.44. The SMILES string of the molecule is O/N=C(/c1n[nH]c2c1C=CC(c1ccccc1)(c1cncs1)C2)C1CC1. The molecule has 1 saturated carbocycles. The van der Waals surface area contributed by atoms with Crippen molar-refractivity contribution < 1.29 is 5.21 Å². The molecule has 26 heavy (non-hydrogen) atoms. The Bertz CT molecular complexity index is 986. The van der Waals surface area contributed by atoms with Crippen LogP contribution in [0, 0.1) is 5.92 Å². The number of aromatic amines is 1. The first-order valence-electron chi connectivity index (χ1n) is 8.75. The van der Waals surface area contributed by atoms with Crippen molar-refractivity contribution in [3.63, 3.8) is 0 Å². The van der Waals surface area contributed by atoms with Gasteiger partial charge >= 0.3 is 0 Å². The van der Waals surface area contributed by atoms with Gasteiger partial charge in [0.2, 0.25) is 0 Å². The molecule has 0 bridgehead atoms. The van der Waals surface area contributed by atoms with Crippen molar-refractivity contribution >= 4 is 23.1 Å². The molecule has 0 saturated heterocycles. The molecule has 1 aromatic carbocycles. The first-order chi connectivity index (χ1) is 12.8. The lowest BCUT2D eigenvalue weighted by atomic mass is 9.72. The zero-order valence-electron chi connectivity index (χ0n) is 14.1. The minimum Gasteiger partial charge on any atom is -0.411 e. The zero-order valence-corrected chi connectivity index (χ0v) is 14.9. The molecule has 3 aromatic rings. The second kappa shape index (κ2) is 5.92.